The largest absolute Gasteiger partial charge is 0.316 e. The molecule has 1 heteroatoms. The molecule has 2 aliphatic rings. The third kappa shape index (κ3) is 2.10. The van der Waals surface area contributed by atoms with E-state index in [1.165, 1.54) is 51.6 Å². The van der Waals surface area contributed by atoms with E-state index in [2.05, 4.69) is 11.4 Å². The molecule has 12 heavy (non-hydrogen) atoms. The molecular formula is C11H19N. The van der Waals surface area contributed by atoms with Gasteiger partial charge in [-0.2, -0.15) is 0 Å². The van der Waals surface area contributed by atoms with Gasteiger partial charge in [0.2, 0.25) is 0 Å². The Labute approximate surface area is 75.2 Å². The smallest absolute Gasteiger partial charge is 0.000814 e. The van der Waals surface area contributed by atoms with Crippen LogP contribution in [0.15, 0.2) is 11.6 Å². The van der Waals surface area contributed by atoms with Crippen LogP contribution in [-0.2, 0) is 0 Å². The molecular weight excluding hydrogens is 146 g/mol. The fraction of sp³-hybridized carbons (Fsp3) is 0.818. The molecule has 0 spiro atoms. The highest BCUT2D eigenvalue weighted by Gasteiger charge is 2.16. The van der Waals surface area contributed by atoms with E-state index in [1.807, 2.05) is 0 Å². The molecule has 0 aromatic rings. The van der Waals surface area contributed by atoms with Crippen LogP contribution in [0, 0.1) is 5.92 Å². The lowest BCUT2D eigenvalue weighted by Gasteiger charge is -2.27. The lowest BCUT2D eigenvalue weighted by molar-refractivity contribution is 0.326. The number of rotatable bonds is 3. The molecule has 0 aromatic carbocycles. The van der Waals surface area contributed by atoms with Gasteiger partial charge in [0.05, 0.1) is 0 Å². The number of allylic oxidation sites excluding steroid dienone is 2. The summed E-state index contributed by atoms with van der Waals surface area (Å²) >= 11 is 0. The van der Waals surface area contributed by atoms with E-state index in [9.17, 15) is 0 Å². The molecule has 0 saturated carbocycles. The fourth-order valence-corrected chi connectivity index (χ4v) is 2.07. The average Bonchev–Trinajstić information content (AvgIpc) is 2.04. The highest BCUT2D eigenvalue weighted by Crippen LogP contribution is 2.23. The summed E-state index contributed by atoms with van der Waals surface area (Å²) < 4.78 is 0. The minimum atomic E-state index is 0.993. The predicted molar refractivity (Wildman–Crippen MR) is 52.1 cm³/mol. The summed E-state index contributed by atoms with van der Waals surface area (Å²) in [5.41, 5.74) is 1.74. The molecule has 1 aliphatic carbocycles. The Morgan fingerprint density at radius 3 is 2.83 bits per heavy atom. The highest BCUT2D eigenvalue weighted by molar-refractivity contribution is 5.05. The topological polar surface area (TPSA) is 12.0 Å². The Kier molecular flexibility index (Phi) is 2.83. The van der Waals surface area contributed by atoms with E-state index in [0.717, 1.165) is 5.92 Å². The second-order valence-electron chi connectivity index (χ2n) is 4.17. The first kappa shape index (κ1) is 8.31. The Morgan fingerprint density at radius 2 is 2.25 bits per heavy atom. The van der Waals surface area contributed by atoms with Crippen molar-refractivity contribution in [2.45, 2.75) is 38.5 Å². The molecule has 68 valence electrons. The monoisotopic (exact) mass is 165 g/mol. The molecule has 1 fully saturated rings. The number of nitrogens with one attached hydrogen (secondary N) is 1. The second-order valence-corrected chi connectivity index (χ2v) is 4.17. The van der Waals surface area contributed by atoms with Crippen LogP contribution in [0.25, 0.3) is 0 Å². The van der Waals surface area contributed by atoms with Gasteiger partial charge in [-0.15, -0.1) is 0 Å². The van der Waals surface area contributed by atoms with Crippen molar-refractivity contribution in [1.82, 2.24) is 5.32 Å². The molecule has 0 radical (unpaired) electrons. The molecule has 0 amide bonds. The quantitative estimate of drug-likeness (QED) is 0.633. The van der Waals surface area contributed by atoms with Gasteiger partial charge in [-0.3, -0.25) is 0 Å². The van der Waals surface area contributed by atoms with Gasteiger partial charge in [0, 0.05) is 0 Å². The molecule has 1 saturated heterocycles. The Balaban J connectivity index is 1.67. The molecule has 0 unspecified atom stereocenters. The van der Waals surface area contributed by atoms with E-state index in [-0.39, 0.29) is 0 Å². The van der Waals surface area contributed by atoms with Gasteiger partial charge in [0.1, 0.15) is 0 Å². The summed E-state index contributed by atoms with van der Waals surface area (Å²) in [7, 11) is 0. The summed E-state index contributed by atoms with van der Waals surface area (Å²) in [6.07, 6.45) is 10.9. The van der Waals surface area contributed by atoms with E-state index in [1.54, 1.807) is 5.57 Å². The lowest BCUT2D eigenvalue weighted by Crippen LogP contribution is -2.41. The molecule has 1 N–H and O–H groups in total. The minimum Gasteiger partial charge on any atom is -0.316 e. The Hall–Kier alpha value is -0.300. The van der Waals surface area contributed by atoms with Crippen LogP contribution in [0.4, 0.5) is 0 Å². The summed E-state index contributed by atoms with van der Waals surface area (Å²) in [6.45, 7) is 2.54. The molecule has 1 aliphatic heterocycles. The van der Waals surface area contributed by atoms with Gasteiger partial charge in [-0.1, -0.05) is 11.6 Å². The van der Waals surface area contributed by atoms with Crippen molar-refractivity contribution in [1.29, 1.82) is 0 Å². The lowest BCUT2D eigenvalue weighted by atomic mass is 9.90. The fourth-order valence-electron chi connectivity index (χ4n) is 2.07. The molecule has 0 aromatic heterocycles. The second kappa shape index (κ2) is 4.08. The maximum absolute atomic E-state index is 3.33. The van der Waals surface area contributed by atoms with E-state index < -0.39 is 0 Å². The zero-order valence-corrected chi connectivity index (χ0v) is 7.81. The summed E-state index contributed by atoms with van der Waals surface area (Å²) in [5.74, 6) is 0.993. The van der Waals surface area contributed by atoms with Crippen molar-refractivity contribution in [3.63, 3.8) is 0 Å². The predicted octanol–water partition coefficient (Wildman–Crippen LogP) is 2.49. The minimum absolute atomic E-state index is 0.993. The molecule has 1 nitrogen and oxygen atoms in total. The zero-order chi connectivity index (χ0) is 8.23. The van der Waals surface area contributed by atoms with Crippen LogP contribution in [0.2, 0.25) is 0 Å². The molecule has 0 bridgehead atoms. The van der Waals surface area contributed by atoms with Gasteiger partial charge in [0.15, 0.2) is 0 Å². The van der Waals surface area contributed by atoms with Crippen molar-refractivity contribution in [3.8, 4) is 0 Å². The number of hydrogen-bond acceptors (Lipinski definition) is 1. The molecule has 1 heterocycles. The average molecular weight is 165 g/mol. The van der Waals surface area contributed by atoms with Gasteiger partial charge < -0.3 is 5.32 Å². The summed E-state index contributed by atoms with van der Waals surface area (Å²) in [6, 6.07) is 0. The van der Waals surface area contributed by atoms with Gasteiger partial charge in [0.25, 0.3) is 0 Å². The number of hydrogen-bond donors (Lipinski definition) is 1. The van der Waals surface area contributed by atoms with Crippen molar-refractivity contribution < 1.29 is 0 Å². The van der Waals surface area contributed by atoms with Crippen molar-refractivity contribution in [2.75, 3.05) is 13.1 Å². The highest BCUT2D eigenvalue weighted by atomic mass is 14.9. The summed E-state index contributed by atoms with van der Waals surface area (Å²) in [4.78, 5) is 0. The normalized spacial score (nSPS) is 24.8. The SMILES string of the molecule is C1=C(CCC2CNC2)CCCC1. The van der Waals surface area contributed by atoms with E-state index >= 15 is 0 Å². The van der Waals surface area contributed by atoms with Crippen LogP contribution < -0.4 is 5.32 Å². The maximum Gasteiger partial charge on any atom is -0.000814 e. The van der Waals surface area contributed by atoms with Crippen LogP contribution in [-0.4, -0.2) is 13.1 Å². The molecule has 2 rings (SSSR count). The van der Waals surface area contributed by atoms with Crippen LogP contribution >= 0.6 is 0 Å². The van der Waals surface area contributed by atoms with Gasteiger partial charge in [-0.05, 0) is 57.5 Å². The third-order valence-electron chi connectivity index (χ3n) is 3.12. The van der Waals surface area contributed by atoms with Crippen molar-refractivity contribution >= 4 is 0 Å². The standard InChI is InChI=1S/C11H19N/c1-2-4-10(5-3-1)6-7-11-8-12-9-11/h4,11-12H,1-3,5-9H2. The van der Waals surface area contributed by atoms with E-state index in [0.29, 0.717) is 0 Å². The van der Waals surface area contributed by atoms with Crippen molar-refractivity contribution in [3.05, 3.63) is 11.6 Å². The van der Waals surface area contributed by atoms with Crippen molar-refractivity contribution in [2.24, 2.45) is 5.92 Å². The first-order chi connectivity index (χ1) is 5.95. The first-order valence-corrected chi connectivity index (χ1v) is 5.34. The molecule has 0 atom stereocenters. The van der Waals surface area contributed by atoms with E-state index in [4.69, 9.17) is 0 Å². The van der Waals surface area contributed by atoms with Crippen LogP contribution in [0.5, 0.6) is 0 Å². The first-order valence-electron chi connectivity index (χ1n) is 5.34. The maximum atomic E-state index is 3.33. The van der Waals surface area contributed by atoms with Gasteiger partial charge >= 0.3 is 0 Å². The van der Waals surface area contributed by atoms with Gasteiger partial charge in [-0.25, -0.2) is 0 Å². The Bertz CT molecular complexity index is 168. The van der Waals surface area contributed by atoms with Crippen LogP contribution in [0.3, 0.4) is 0 Å². The Morgan fingerprint density at radius 1 is 1.33 bits per heavy atom. The third-order valence-corrected chi connectivity index (χ3v) is 3.12. The summed E-state index contributed by atoms with van der Waals surface area (Å²) in [5, 5.41) is 3.33. The zero-order valence-electron chi connectivity index (χ0n) is 7.81. The van der Waals surface area contributed by atoms with Crippen LogP contribution in [0.1, 0.15) is 38.5 Å².